The van der Waals surface area contributed by atoms with Crippen LogP contribution in [0.3, 0.4) is 0 Å². The van der Waals surface area contributed by atoms with Crippen LogP contribution in [0.5, 0.6) is 0 Å². The van der Waals surface area contributed by atoms with Crippen LogP contribution in [-0.2, 0) is 0 Å². The van der Waals surface area contributed by atoms with Gasteiger partial charge in [0.05, 0.1) is 24.0 Å². The fraction of sp³-hybridized carbons (Fsp3) is 0.545. The van der Waals surface area contributed by atoms with Crippen LogP contribution in [0.25, 0.3) is 0 Å². The van der Waals surface area contributed by atoms with Crippen LogP contribution in [-0.4, -0.2) is 23.2 Å². The molecule has 1 aliphatic rings. The van der Waals surface area contributed by atoms with Gasteiger partial charge in [-0.05, 0) is 18.9 Å². The molecule has 4 heteroatoms. The molecule has 1 saturated carbocycles. The lowest BCUT2D eigenvalue weighted by Gasteiger charge is -2.28. The van der Waals surface area contributed by atoms with Crippen LogP contribution in [0, 0.1) is 0 Å². The van der Waals surface area contributed by atoms with Crippen LogP contribution in [0.1, 0.15) is 36.0 Å². The predicted molar refractivity (Wildman–Crippen MR) is 54.4 cm³/mol. The van der Waals surface area contributed by atoms with Crippen molar-refractivity contribution in [1.29, 1.82) is 0 Å². The molecule has 0 unspecified atom stereocenters. The van der Waals surface area contributed by atoms with E-state index in [0.717, 1.165) is 25.7 Å². The molecule has 1 aromatic heterocycles. The van der Waals surface area contributed by atoms with Gasteiger partial charge in [-0.15, -0.1) is 0 Å². The van der Waals surface area contributed by atoms with Crippen LogP contribution < -0.4 is 5.32 Å². The van der Waals surface area contributed by atoms with E-state index in [1.165, 1.54) is 12.5 Å². The molecule has 2 rings (SSSR count). The Hall–Kier alpha value is -1.29. The molecule has 4 nitrogen and oxygen atoms in total. The topological polar surface area (TPSA) is 62.5 Å². The van der Waals surface area contributed by atoms with Gasteiger partial charge >= 0.3 is 0 Å². The molecule has 1 heterocycles. The number of hydrogen-bond donors (Lipinski definition) is 2. The summed E-state index contributed by atoms with van der Waals surface area (Å²) in [7, 11) is 0. The Labute approximate surface area is 88.3 Å². The normalized spacial score (nSPS) is 26.2. The number of rotatable bonds is 2. The summed E-state index contributed by atoms with van der Waals surface area (Å²) < 4.78 is 4.83. The number of carbonyl (C=O) groups excluding carboxylic acids is 1. The summed E-state index contributed by atoms with van der Waals surface area (Å²) in [5.41, 5.74) is 0.507. The van der Waals surface area contributed by atoms with E-state index in [1.54, 1.807) is 6.07 Å². The second kappa shape index (κ2) is 4.49. The van der Waals surface area contributed by atoms with Gasteiger partial charge in [0.1, 0.15) is 6.26 Å². The zero-order valence-electron chi connectivity index (χ0n) is 8.48. The van der Waals surface area contributed by atoms with Crippen molar-refractivity contribution in [2.45, 2.75) is 37.8 Å². The van der Waals surface area contributed by atoms with Gasteiger partial charge in [-0.1, -0.05) is 12.8 Å². The monoisotopic (exact) mass is 209 g/mol. The summed E-state index contributed by atoms with van der Waals surface area (Å²) in [5.74, 6) is -0.172. The smallest absolute Gasteiger partial charge is 0.254 e. The second-order valence-electron chi connectivity index (χ2n) is 3.94. The van der Waals surface area contributed by atoms with Gasteiger partial charge < -0.3 is 14.8 Å². The van der Waals surface area contributed by atoms with Crippen molar-refractivity contribution in [1.82, 2.24) is 5.32 Å². The molecule has 1 fully saturated rings. The van der Waals surface area contributed by atoms with E-state index in [4.69, 9.17) is 4.42 Å². The molecule has 1 amide bonds. The lowest BCUT2D eigenvalue weighted by molar-refractivity contribution is 0.0717. The fourth-order valence-corrected chi connectivity index (χ4v) is 1.93. The maximum absolute atomic E-state index is 11.6. The van der Waals surface area contributed by atoms with E-state index in [-0.39, 0.29) is 11.9 Å². The molecule has 1 aliphatic carbocycles. The molecule has 2 N–H and O–H groups in total. The third-order valence-electron chi connectivity index (χ3n) is 2.83. The van der Waals surface area contributed by atoms with E-state index in [2.05, 4.69) is 5.32 Å². The molecular weight excluding hydrogens is 194 g/mol. The highest BCUT2D eigenvalue weighted by molar-refractivity contribution is 5.93. The van der Waals surface area contributed by atoms with Gasteiger partial charge in [0, 0.05) is 0 Å². The lowest BCUT2D eigenvalue weighted by atomic mass is 9.92. The van der Waals surface area contributed by atoms with Crippen LogP contribution >= 0.6 is 0 Å². The van der Waals surface area contributed by atoms with E-state index in [1.807, 2.05) is 0 Å². The largest absolute Gasteiger partial charge is 0.472 e. The van der Waals surface area contributed by atoms with Crippen molar-refractivity contribution < 1.29 is 14.3 Å². The number of carbonyl (C=O) groups is 1. The van der Waals surface area contributed by atoms with Crippen molar-refractivity contribution in [2.75, 3.05) is 0 Å². The van der Waals surface area contributed by atoms with Crippen molar-refractivity contribution in [3.8, 4) is 0 Å². The Kier molecular flexibility index (Phi) is 3.06. The Morgan fingerprint density at radius 2 is 2.27 bits per heavy atom. The summed E-state index contributed by atoms with van der Waals surface area (Å²) in [6.45, 7) is 0. The van der Waals surface area contributed by atoms with E-state index in [0.29, 0.717) is 5.56 Å². The van der Waals surface area contributed by atoms with Crippen molar-refractivity contribution in [2.24, 2.45) is 0 Å². The summed E-state index contributed by atoms with van der Waals surface area (Å²) in [5, 5.41) is 12.5. The van der Waals surface area contributed by atoms with Gasteiger partial charge in [-0.2, -0.15) is 0 Å². The van der Waals surface area contributed by atoms with Gasteiger partial charge in [0.25, 0.3) is 5.91 Å². The molecular formula is C11H15NO3. The highest BCUT2D eigenvalue weighted by Gasteiger charge is 2.24. The predicted octanol–water partition coefficient (Wildman–Crippen LogP) is 1.31. The Morgan fingerprint density at radius 1 is 1.47 bits per heavy atom. The Bertz CT molecular complexity index is 321. The van der Waals surface area contributed by atoms with Gasteiger partial charge in [-0.25, -0.2) is 0 Å². The molecule has 0 bridgehead atoms. The number of nitrogens with one attached hydrogen (secondary N) is 1. The highest BCUT2D eigenvalue weighted by Crippen LogP contribution is 2.18. The Morgan fingerprint density at radius 3 is 2.93 bits per heavy atom. The van der Waals surface area contributed by atoms with E-state index in [9.17, 15) is 9.90 Å². The maximum Gasteiger partial charge on any atom is 0.254 e. The van der Waals surface area contributed by atoms with E-state index >= 15 is 0 Å². The molecule has 1 aromatic rings. The summed E-state index contributed by atoms with van der Waals surface area (Å²) >= 11 is 0. The molecule has 0 saturated heterocycles. The summed E-state index contributed by atoms with van der Waals surface area (Å²) in [6, 6.07) is 1.51. The SMILES string of the molecule is O=C(N[C@@H]1CCCC[C@H]1O)c1ccoc1. The third-order valence-corrected chi connectivity index (χ3v) is 2.83. The minimum absolute atomic E-state index is 0.110. The van der Waals surface area contributed by atoms with Crippen LogP contribution in [0.2, 0.25) is 0 Å². The number of furan rings is 1. The van der Waals surface area contributed by atoms with Crippen molar-refractivity contribution in [3.05, 3.63) is 24.2 Å². The molecule has 82 valence electrons. The second-order valence-corrected chi connectivity index (χ2v) is 3.94. The van der Waals surface area contributed by atoms with E-state index < -0.39 is 6.10 Å². The molecule has 0 radical (unpaired) electrons. The number of aliphatic hydroxyl groups is 1. The first-order valence-electron chi connectivity index (χ1n) is 5.28. The van der Waals surface area contributed by atoms with Crippen LogP contribution in [0.15, 0.2) is 23.0 Å². The third kappa shape index (κ3) is 2.39. The first kappa shape index (κ1) is 10.2. The standard InChI is InChI=1S/C11H15NO3/c13-10-4-2-1-3-9(10)12-11(14)8-5-6-15-7-8/h5-7,9-10,13H,1-4H2,(H,12,14)/t9-,10-/m1/s1. The van der Waals surface area contributed by atoms with Crippen molar-refractivity contribution >= 4 is 5.91 Å². The zero-order valence-corrected chi connectivity index (χ0v) is 8.48. The molecule has 0 aliphatic heterocycles. The molecule has 2 atom stereocenters. The molecule has 15 heavy (non-hydrogen) atoms. The lowest BCUT2D eigenvalue weighted by Crippen LogP contribution is -2.44. The quantitative estimate of drug-likeness (QED) is 0.772. The number of hydrogen-bond acceptors (Lipinski definition) is 3. The van der Waals surface area contributed by atoms with Gasteiger partial charge in [0.15, 0.2) is 0 Å². The fourth-order valence-electron chi connectivity index (χ4n) is 1.93. The van der Waals surface area contributed by atoms with Gasteiger partial charge in [-0.3, -0.25) is 4.79 Å². The summed E-state index contributed by atoms with van der Waals surface area (Å²) in [4.78, 5) is 11.6. The average molecular weight is 209 g/mol. The van der Waals surface area contributed by atoms with Crippen LogP contribution in [0.4, 0.5) is 0 Å². The van der Waals surface area contributed by atoms with Crippen molar-refractivity contribution in [3.63, 3.8) is 0 Å². The minimum Gasteiger partial charge on any atom is -0.472 e. The first-order valence-corrected chi connectivity index (χ1v) is 5.28. The molecule has 0 spiro atoms. The zero-order chi connectivity index (χ0) is 10.7. The Balaban J connectivity index is 1.93. The minimum atomic E-state index is -0.408. The average Bonchev–Trinajstić information content (AvgIpc) is 2.74. The first-order chi connectivity index (χ1) is 7.27. The number of aliphatic hydroxyl groups excluding tert-OH is 1. The summed E-state index contributed by atoms with van der Waals surface area (Å²) in [6.07, 6.45) is 6.19. The molecule has 0 aromatic carbocycles. The number of amides is 1. The highest BCUT2D eigenvalue weighted by atomic mass is 16.3. The maximum atomic E-state index is 11.6. The van der Waals surface area contributed by atoms with Gasteiger partial charge in [0.2, 0.25) is 0 Å².